The van der Waals surface area contributed by atoms with Crippen LogP contribution in [-0.4, -0.2) is 23.2 Å². The summed E-state index contributed by atoms with van der Waals surface area (Å²) in [5.74, 6) is 1.72. The van der Waals surface area contributed by atoms with E-state index in [-0.39, 0.29) is 0 Å². The van der Waals surface area contributed by atoms with Gasteiger partial charge in [-0.15, -0.1) is 0 Å². The minimum Gasteiger partial charge on any atom is -0.491 e. The van der Waals surface area contributed by atoms with E-state index in [9.17, 15) is 0 Å². The molecule has 5 heteroatoms. The van der Waals surface area contributed by atoms with Gasteiger partial charge in [0.25, 0.3) is 0 Å². The van der Waals surface area contributed by atoms with E-state index in [1.807, 2.05) is 13.8 Å². The van der Waals surface area contributed by atoms with Crippen LogP contribution in [0, 0.1) is 20.8 Å². The van der Waals surface area contributed by atoms with Gasteiger partial charge in [0.15, 0.2) is 5.11 Å². The van der Waals surface area contributed by atoms with E-state index in [2.05, 4.69) is 36.4 Å². The Morgan fingerprint density at radius 1 is 1.09 bits per heavy atom. The van der Waals surface area contributed by atoms with Crippen molar-refractivity contribution in [1.29, 1.82) is 0 Å². The van der Waals surface area contributed by atoms with Crippen LogP contribution in [0.15, 0.2) is 0 Å². The molecule has 0 atom stereocenters. The molecule has 0 fully saturated rings. The summed E-state index contributed by atoms with van der Waals surface area (Å²) in [6.45, 7) is 12.0. The first-order valence-electron chi connectivity index (χ1n) is 8.16. The fraction of sp³-hybridized carbons (Fsp3) is 0.647. The first-order valence-corrected chi connectivity index (χ1v) is 8.57. The molecule has 0 saturated carbocycles. The van der Waals surface area contributed by atoms with Gasteiger partial charge in [-0.2, -0.15) is 0 Å². The number of ether oxygens (including phenoxy) is 1. The highest BCUT2D eigenvalue weighted by atomic mass is 32.1. The third-order valence-corrected chi connectivity index (χ3v) is 3.90. The number of nitrogens with one attached hydrogen (secondary N) is 2. The number of hydrogen-bond acceptors (Lipinski definition) is 3. The lowest BCUT2D eigenvalue weighted by Gasteiger charge is -2.18. The molecule has 0 bridgehead atoms. The van der Waals surface area contributed by atoms with Crippen LogP contribution in [0.3, 0.4) is 0 Å². The molecular weight excluding hydrogens is 294 g/mol. The molecule has 1 aromatic rings. The number of anilines is 1. The number of pyridine rings is 1. The van der Waals surface area contributed by atoms with Crippen molar-refractivity contribution in [3.63, 3.8) is 0 Å². The number of aryl methyl sites for hydroxylation is 1. The van der Waals surface area contributed by atoms with Gasteiger partial charge < -0.3 is 15.4 Å². The van der Waals surface area contributed by atoms with Crippen LogP contribution < -0.4 is 15.4 Å². The van der Waals surface area contributed by atoms with Gasteiger partial charge in [-0.1, -0.05) is 26.7 Å². The van der Waals surface area contributed by atoms with Crippen molar-refractivity contribution >= 4 is 23.1 Å². The van der Waals surface area contributed by atoms with Crippen LogP contribution in [0.4, 0.5) is 5.82 Å². The lowest BCUT2D eigenvalue weighted by Crippen LogP contribution is -2.30. The standard InChI is InChI=1S/C17H29N3OS/c1-6-8-10-18-17(22)20-16-13(4)12(3)15(14(5)19-16)21-11-9-7-2/h6-11H2,1-5H3,(H2,18,19,20,22). The summed E-state index contributed by atoms with van der Waals surface area (Å²) in [7, 11) is 0. The zero-order valence-corrected chi connectivity index (χ0v) is 15.3. The van der Waals surface area contributed by atoms with Crippen LogP contribution in [0.25, 0.3) is 0 Å². The van der Waals surface area contributed by atoms with Crippen molar-refractivity contribution in [2.24, 2.45) is 0 Å². The lowest BCUT2D eigenvalue weighted by molar-refractivity contribution is 0.303. The maximum absolute atomic E-state index is 5.89. The van der Waals surface area contributed by atoms with E-state index in [1.54, 1.807) is 0 Å². The number of thiocarbonyl (C=S) groups is 1. The molecule has 0 aliphatic rings. The van der Waals surface area contributed by atoms with Crippen molar-refractivity contribution < 1.29 is 4.74 Å². The summed E-state index contributed by atoms with van der Waals surface area (Å²) in [4.78, 5) is 4.62. The van der Waals surface area contributed by atoms with Crippen molar-refractivity contribution in [2.45, 2.75) is 60.3 Å². The molecule has 1 heterocycles. The van der Waals surface area contributed by atoms with E-state index in [4.69, 9.17) is 17.0 Å². The first kappa shape index (κ1) is 18.7. The zero-order valence-electron chi connectivity index (χ0n) is 14.5. The maximum atomic E-state index is 5.89. The van der Waals surface area contributed by atoms with E-state index in [1.165, 1.54) is 0 Å². The van der Waals surface area contributed by atoms with Crippen LogP contribution >= 0.6 is 12.2 Å². The van der Waals surface area contributed by atoms with Crippen molar-refractivity contribution in [2.75, 3.05) is 18.5 Å². The van der Waals surface area contributed by atoms with Gasteiger partial charge >= 0.3 is 0 Å². The van der Waals surface area contributed by atoms with E-state index in [0.29, 0.717) is 5.11 Å². The average molecular weight is 324 g/mol. The zero-order chi connectivity index (χ0) is 16.5. The second-order valence-corrected chi connectivity index (χ2v) is 5.97. The molecular formula is C17H29N3OS. The Balaban J connectivity index is 2.79. The Hall–Kier alpha value is -1.36. The van der Waals surface area contributed by atoms with Gasteiger partial charge in [-0.05, 0) is 57.0 Å². The van der Waals surface area contributed by atoms with Crippen molar-refractivity contribution in [3.05, 3.63) is 16.8 Å². The third kappa shape index (κ3) is 5.44. The summed E-state index contributed by atoms with van der Waals surface area (Å²) in [5.41, 5.74) is 3.11. The Morgan fingerprint density at radius 3 is 2.41 bits per heavy atom. The first-order chi connectivity index (χ1) is 10.5. The smallest absolute Gasteiger partial charge is 0.171 e. The van der Waals surface area contributed by atoms with Crippen LogP contribution in [0.1, 0.15) is 56.4 Å². The highest BCUT2D eigenvalue weighted by Crippen LogP contribution is 2.29. The number of hydrogen-bond donors (Lipinski definition) is 2. The van der Waals surface area contributed by atoms with Gasteiger partial charge in [0, 0.05) is 6.54 Å². The van der Waals surface area contributed by atoms with Crippen LogP contribution in [0.5, 0.6) is 5.75 Å². The molecule has 0 radical (unpaired) electrons. The molecule has 4 nitrogen and oxygen atoms in total. The summed E-state index contributed by atoms with van der Waals surface area (Å²) in [5, 5.41) is 7.03. The van der Waals surface area contributed by atoms with Crippen LogP contribution in [0.2, 0.25) is 0 Å². The summed E-state index contributed by atoms with van der Waals surface area (Å²) in [6.07, 6.45) is 4.44. The molecule has 1 aromatic heterocycles. The fourth-order valence-corrected chi connectivity index (χ4v) is 2.30. The summed E-state index contributed by atoms with van der Waals surface area (Å²) < 4.78 is 5.89. The molecule has 0 aliphatic heterocycles. The van der Waals surface area contributed by atoms with Gasteiger partial charge in [0.05, 0.1) is 12.3 Å². The highest BCUT2D eigenvalue weighted by Gasteiger charge is 2.13. The predicted octanol–water partition coefficient (Wildman–Crippen LogP) is 4.27. The second-order valence-electron chi connectivity index (χ2n) is 5.56. The topological polar surface area (TPSA) is 46.2 Å². The molecule has 0 aromatic carbocycles. The molecule has 0 spiro atoms. The lowest BCUT2D eigenvalue weighted by atomic mass is 10.1. The highest BCUT2D eigenvalue weighted by molar-refractivity contribution is 7.80. The fourth-order valence-electron chi connectivity index (χ4n) is 2.10. The average Bonchev–Trinajstić information content (AvgIpc) is 2.48. The minimum atomic E-state index is 0.627. The third-order valence-electron chi connectivity index (χ3n) is 3.66. The van der Waals surface area contributed by atoms with Crippen LogP contribution in [-0.2, 0) is 0 Å². The molecule has 0 amide bonds. The maximum Gasteiger partial charge on any atom is 0.171 e. The number of unbranched alkanes of at least 4 members (excludes halogenated alkanes) is 2. The minimum absolute atomic E-state index is 0.627. The van der Waals surface area contributed by atoms with Gasteiger partial charge in [-0.3, -0.25) is 0 Å². The molecule has 1 rings (SSSR count). The van der Waals surface area contributed by atoms with E-state index >= 15 is 0 Å². The quantitative estimate of drug-likeness (QED) is 0.552. The van der Waals surface area contributed by atoms with E-state index < -0.39 is 0 Å². The molecule has 2 N–H and O–H groups in total. The molecule has 0 saturated heterocycles. The SMILES string of the molecule is CCCCNC(=S)Nc1nc(C)c(OCCCC)c(C)c1C. The normalized spacial score (nSPS) is 10.4. The number of rotatable bonds is 8. The Kier molecular flexibility index (Phi) is 8.17. The largest absolute Gasteiger partial charge is 0.491 e. The molecule has 0 unspecified atom stereocenters. The van der Waals surface area contributed by atoms with Gasteiger partial charge in [0.2, 0.25) is 0 Å². The Morgan fingerprint density at radius 2 is 1.77 bits per heavy atom. The summed E-state index contributed by atoms with van der Waals surface area (Å²) >= 11 is 5.32. The summed E-state index contributed by atoms with van der Waals surface area (Å²) in [6, 6.07) is 0. The molecule has 0 aliphatic carbocycles. The van der Waals surface area contributed by atoms with E-state index in [0.717, 1.165) is 67.2 Å². The van der Waals surface area contributed by atoms with Gasteiger partial charge in [0.1, 0.15) is 11.6 Å². The second kappa shape index (κ2) is 9.62. The number of aromatic nitrogens is 1. The van der Waals surface area contributed by atoms with Crippen molar-refractivity contribution in [3.8, 4) is 5.75 Å². The Labute approximate surface area is 140 Å². The Bertz CT molecular complexity index is 503. The van der Waals surface area contributed by atoms with Gasteiger partial charge in [-0.25, -0.2) is 4.98 Å². The predicted molar refractivity (Wildman–Crippen MR) is 98.0 cm³/mol. The molecule has 124 valence electrons. The molecule has 22 heavy (non-hydrogen) atoms. The van der Waals surface area contributed by atoms with Crippen molar-refractivity contribution in [1.82, 2.24) is 10.3 Å². The monoisotopic (exact) mass is 323 g/mol. The number of nitrogens with zero attached hydrogens (tertiary/aromatic N) is 1.